The third-order valence-electron chi connectivity index (χ3n) is 5.15. The molecule has 1 N–H and O–H groups in total. The van der Waals surface area contributed by atoms with Crippen LogP contribution in [0.4, 0.5) is 10.5 Å². The lowest BCUT2D eigenvalue weighted by molar-refractivity contribution is 0.0663. The molecule has 25 heavy (non-hydrogen) atoms. The van der Waals surface area contributed by atoms with E-state index in [1.807, 2.05) is 53.1 Å². The second-order valence-electron chi connectivity index (χ2n) is 7.15. The Labute approximate surface area is 149 Å². The van der Waals surface area contributed by atoms with Crippen molar-refractivity contribution in [1.29, 1.82) is 0 Å². The van der Waals surface area contributed by atoms with Crippen LogP contribution in [-0.4, -0.2) is 68.1 Å². The van der Waals surface area contributed by atoms with Gasteiger partial charge < -0.3 is 20.0 Å². The highest BCUT2D eigenvalue weighted by Gasteiger charge is 2.26. The van der Waals surface area contributed by atoms with E-state index in [4.69, 9.17) is 0 Å². The van der Waals surface area contributed by atoms with Crippen LogP contribution in [-0.2, 0) is 0 Å². The number of carbonyl (C=O) groups excluding carboxylic acids is 2. The molecule has 0 spiro atoms. The fraction of sp³-hybridized carbons (Fsp3) is 0.579. The van der Waals surface area contributed by atoms with Crippen molar-refractivity contribution < 1.29 is 9.59 Å². The Kier molecular flexibility index (Phi) is 5.46. The van der Waals surface area contributed by atoms with Crippen molar-refractivity contribution in [3.05, 3.63) is 29.8 Å². The number of anilines is 1. The van der Waals surface area contributed by atoms with E-state index in [1.54, 1.807) is 0 Å². The van der Waals surface area contributed by atoms with Gasteiger partial charge in [0.1, 0.15) is 0 Å². The normalized spacial score (nSPS) is 18.3. The Balaban J connectivity index is 1.53. The van der Waals surface area contributed by atoms with E-state index in [-0.39, 0.29) is 11.9 Å². The zero-order chi connectivity index (χ0) is 17.8. The molecular formula is C19H28N4O2. The SMILES string of the molecule is CN(C)c1cccc(C(=O)N2CCN(C(=O)NC3CCCC3)CC2)c1. The number of amides is 3. The maximum Gasteiger partial charge on any atom is 0.317 e. The molecule has 1 aliphatic carbocycles. The van der Waals surface area contributed by atoms with Crippen LogP contribution < -0.4 is 10.2 Å². The van der Waals surface area contributed by atoms with Crippen molar-refractivity contribution in [3.8, 4) is 0 Å². The van der Waals surface area contributed by atoms with Crippen molar-refractivity contribution in [2.45, 2.75) is 31.7 Å². The summed E-state index contributed by atoms with van der Waals surface area (Å²) < 4.78 is 0. The van der Waals surface area contributed by atoms with Gasteiger partial charge in [-0.3, -0.25) is 4.79 Å². The molecule has 1 aromatic rings. The molecule has 1 aliphatic heterocycles. The number of hydrogen-bond acceptors (Lipinski definition) is 3. The number of piperazine rings is 1. The second kappa shape index (κ2) is 7.76. The summed E-state index contributed by atoms with van der Waals surface area (Å²) in [5, 5.41) is 3.12. The molecule has 0 aromatic heterocycles. The molecular weight excluding hydrogens is 316 g/mol. The van der Waals surface area contributed by atoms with E-state index < -0.39 is 0 Å². The quantitative estimate of drug-likeness (QED) is 0.914. The standard InChI is InChI=1S/C19H28N4O2/c1-21(2)17-9-5-6-15(14-17)18(24)22-10-12-23(13-11-22)19(25)20-16-7-3-4-8-16/h5-6,9,14,16H,3-4,7-8,10-13H2,1-2H3,(H,20,25). The Morgan fingerprint density at radius 2 is 1.68 bits per heavy atom. The average molecular weight is 344 g/mol. The van der Waals surface area contributed by atoms with Crippen LogP contribution in [0.5, 0.6) is 0 Å². The van der Waals surface area contributed by atoms with E-state index in [0.717, 1.165) is 18.5 Å². The molecule has 0 radical (unpaired) electrons. The predicted octanol–water partition coefficient (Wildman–Crippen LogP) is 2.16. The summed E-state index contributed by atoms with van der Waals surface area (Å²) in [6.45, 7) is 2.36. The monoisotopic (exact) mass is 344 g/mol. The molecule has 136 valence electrons. The molecule has 6 nitrogen and oxygen atoms in total. The number of carbonyl (C=O) groups is 2. The van der Waals surface area contributed by atoms with E-state index in [2.05, 4.69) is 5.32 Å². The molecule has 1 aromatic carbocycles. The Morgan fingerprint density at radius 1 is 1.04 bits per heavy atom. The lowest BCUT2D eigenvalue weighted by Crippen LogP contribution is -2.54. The molecule has 3 rings (SSSR count). The lowest BCUT2D eigenvalue weighted by Gasteiger charge is -2.35. The summed E-state index contributed by atoms with van der Waals surface area (Å²) in [5.41, 5.74) is 1.72. The minimum Gasteiger partial charge on any atom is -0.378 e. The topological polar surface area (TPSA) is 55.9 Å². The summed E-state index contributed by atoms with van der Waals surface area (Å²) in [7, 11) is 3.93. The van der Waals surface area contributed by atoms with Gasteiger partial charge in [-0.1, -0.05) is 18.9 Å². The van der Waals surface area contributed by atoms with Gasteiger partial charge in [-0.25, -0.2) is 4.79 Å². The van der Waals surface area contributed by atoms with Crippen molar-refractivity contribution in [1.82, 2.24) is 15.1 Å². The van der Waals surface area contributed by atoms with Crippen LogP contribution in [0.1, 0.15) is 36.0 Å². The van der Waals surface area contributed by atoms with Gasteiger partial charge in [-0.15, -0.1) is 0 Å². The van der Waals surface area contributed by atoms with Crippen molar-refractivity contribution in [2.24, 2.45) is 0 Å². The lowest BCUT2D eigenvalue weighted by atomic mass is 10.1. The highest BCUT2D eigenvalue weighted by Crippen LogP contribution is 2.19. The van der Waals surface area contributed by atoms with Gasteiger partial charge in [0.25, 0.3) is 5.91 Å². The largest absolute Gasteiger partial charge is 0.378 e. The van der Waals surface area contributed by atoms with Crippen molar-refractivity contribution in [3.63, 3.8) is 0 Å². The van der Waals surface area contributed by atoms with Gasteiger partial charge in [0.15, 0.2) is 0 Å². The van der Waals surface area contributed by atoms with Crippen LogP contribution in [0, 0.1) is 0 Å². The minimum absolute atomic E-state index is 0.0219. The zero-order valence-electron chi connectivity index (χ0n) is 15.2. The van der Waals surface area contributed by atoms with Gasteiger partial charge in [-0.2, -0.15) is 0 Å². The van der Waals surface area contributed by atoms with Crippen LogP contribution >= 0.6 is 0 Å². The maximum absolute atomic E-state index is 12.7. The average Bonchev–Trinajstić information content (AvgIpc) is 3.14. The maximum atomic E-state index is 12.7. The molecule has 2 aliphatic rings. The molecule has 3 amide bonds. The van der Waals surface area contributed by atoms with Gasteiger partial charge in [-0.05, 0) is 31.0 Å². The zero-order valence-corrected chi connectivity index (χ0v) is 15.2. The Morgan fingerprint density at radius 3 is 2.32 bits per heavy atom. The van der Waals surface area contributed by atoms with E-state index in [9.17, 15) is 9.59 Å². The van der Waals surface area contributed by atoms with Crippen molar-refractivity contribution in [2.75, 3.05) is 45.2 Å². The van der Waals surface area contributed by atoms with Gasteiger partial charge >= 0.3 is 6.03 Å². The van der Waals surface area contributed by atoms with E-state index in [1.165, 1.54) is 12.8 Å². The van der Waals surface area contributed by atoms with Crippen LogP contribution in [0.25, 0.3) is 0 Å². The van der Waals surface area contributed by atoms with Crippen molar-refractivity contribution >= 4 is 17.6 Å². The van der Waals surface area contributed by atoms with Crippen LogP contribution in [0.15, 0.2) is 24.3 Å². The number of benzene rings is 1. The van der Waals surface area contributed by atoms with E-state index in [0.29, 0.717) is 37.8 Å². The summed E-state index contributed by atoms with van der Waals surface area (Å²) in [5.74, 6) is 0.0413. The third-order valence-corrected chi connectivity index (χ3v) is 5.15. The van der Waals surface area contributed by atoms with Gasteiger partial charge in [0, 0.05) is 57.6 Å². The summed E-state index contributed by atoms with van der Waals surface area (Å²) in [6, 6.07) is 8.03. The minimum atomic E-state index is 0.0219. The number of rotatable bonds is 3. The molecule has 6 heteroatoms. The fourth-order valence-corrected chi connectivity index (χ4v) is 3.55. The first-order valence-corrected chi connectivity index (χ1v) is 9.16. The second-order valence-corrected chi connectivity index (χ2v) is 7.15. The summed E-state index contributed by atoms with van der Waals surface area (Å²) in [4.78, 5) is 30.7. The number of urea groups is 1. The summed E-state index contributed by atoms with van der Waals surface area (Å²) in [6.07, 6.45) is 4.59. The first kappa shape index (κ1) is 17.6. The molecule has 1 heterocycles. The molecule has 2 fully saturated rings. The Hall–Kier alpha value is -2.24. The predicted molar refractivity (Wildman–Crippen MR) is 99.0 cm³/mol. The number of nitrogens with one attached hydrogen (secondary N) is 1. The molecule has 0 bridgehead atoms. The van der Waals surface area contributed by atoms with Gasteiger partial charge in [0.05, 0.1) is 0 Å². The first-order chi connectivity index (χ1) is 12.0. The first-order valence-electron chi connectivity index (χ1n) is 9.16. The van der Waals surface area contributed by atoms with Crippen LogP contribution in [0.2, 0.25) is 0 Å². The number of hydrogen-bond donors (Lipinski definition) is 1. The molecule has 1 saturated carbocycles. The Bertz CT molecular complexity index is 618. The summed E-state index contributed by atoms with van der Waals surface area (Å²) >= 11 is 0. The van der Waals surface area contributed by atoms with Gasteiger partial charge in [0.2, 0.25) is 0 Å². The number of nitrogens with zero attached hydrogens (tertiary/aromatic N) is 3. The molecule has 0 atom stereocenters. The molecule has 1 saturated heterocycles. The highest BCUT2D eigenvalue weighted by atomic mass is 16.2. The van der Waals surface area contributed by atoms with Crippen LogP contribution in [0.3, 0.4) is 0 Å². The fourth-order valence-electron chi connectivity index (χ4n) is 3.55. The highest BCUT2D eigenvalue weighted by molar-refractivity contribution is 5.95. The smallest absolute Gasteiger partial charge is 0.317 e. The molecule has 0 unspecified atom stereocenters. The van der Waals surface area contributed by atoms with E-state index >= 15 is 0 Å². The third kappa shape index (κ3) is 4.24.